The van der Waals surface area contributed by atoms with Crippen LogP contribution >= 0.6 is 0 Å². The van der Waals surface area contributed by atoms with Gasteiger partial charge in [0.25, 0.3) is 0 Å². The summed E-state index contributed by atoms with van der Waals surface area (Å²) in [4.78, 5) is 7.49. The quantitative estimate of drug-likeness (QED) is 0.507. The molecule has 0 spiro atoms. The molecular weight excluding hydrogens is 392 g/mol. The molecule has 164 valence electrons. The van der Waals surface area contributed by atoms with Crippen LogP contribution in [0.2, 0.25) is 0 Å². The number of hydrogen-bond donors (Lipinski definition) is 2. The van der Waals surface area contributed by atoms with Crippen molar-refractivity contribution in [2.75, 3.05) is 5.32 Å². The molecule has 4 heteroatoms. The van der Waals surface area contributed by atoms with Gasteiger partial charge in [-0.25, -0.2) is 4.98 Å². The second-order valence-electron chi connectivity index (χ2n) is 10.5. The number of rotatable bonds is 5. The SMILES string of the molecule is CC(Nc1ccc(C2=CC3C=CC(C2)C3)cc1C1=CCC(C)(C)CC1)c1ncc(C#N)[nH]1. The fourth-order valence-corrected chi connectivity index (χ4v) is 5.28. The van der Waals surface area contributed by atoms with Crippen LogP contribution in [-0.2, 0) is 0 Å². The number of benzene rings is 1. The molecule has 1 aromatic heterocycles. The summed E-state index contributed by atoms with van der Waals surface area (Å²) >= 11 is 0. The third-order valence-corrected chi connectivity index (χ3v) is 7.31. The van der Waals surface area contributed by atoms with Crippen molar-refractivity contribution < 1.29 is 0 Å². The number of aromatic amines is 1. The fourth-order valence-electron chi connectivity index (χ4n) is 5.28. The maximum absolute atomic E-state index is 9.12. The third kappa shape index (κ3) is 4.17. The molecule has 0 aliphatic heterocycles. The Labute approximate surface area is 191 Å². The van der Waals surface area contributed by atoms with E-state index in [-0.39, 0.29) is 6.04 Å². The van der Waals surface area contributed by atoms with Gasteiger partial charge in [0.2, 0.25) is 0 Å². The molecule has 2 bridgehead atoms. The zero-order valence-electron chi connectivity index (χ0n) is 19.3. The van der Waals surface area contributed by atoms with E-state index >= 15 is 0 Å². The van der Waals surface area contributed by atoms with Crippen LogP contribution in [0.1, 0.15) is 81.6 Å². The van der Waals surface area contributed by atoms with Crippen LogP contribution < -0.4 is 5.32 Å². The highest BCUT2D eigenvalue weighted by Gasteiger charge is 2.27. The molecule has 32 heavy (non-hydrogen) atoms. The van der Waals surface area contributed by atoms with Gasteiger partial charge in [-0.15, -0.1) is 0 Å². The molecule has 1 aromatic carbocycles. The molecule has 3 aliphatic carbocycles. The van der Waals surface area contributed by atoms with Crippen LogP contribution in [0.15, 0.2) is 48.7 Å². The van der Waals surface area contributed by atoms with Crippen molar-refractivity contribution in [3.8, 4) is 6.07 Å². The summed E-state index contributed by atoms with van der Waals surface area (Å²) < 4.78 is 0. The van der Waals surface area contributed by atoms with E-state index in [9.17, 15) is 0 Å². The zero-order valence-corrected chi connectivity index (χ0v) is 19.3. The highest BCUT2D eigenvalue weighted by molar-refractivity contribution is 5.81. The lowest BCUT2D eigenvalue weighted by Gasteiger charge is -2.30. The van der Waals surface area contributed by atoms with Gasteiger partial charge in [0.1, 0.15) is 17.6 Å². The van der Waals surface area contributed by atoms with Gasteiger partial charge in [0.15, 0.2) is 0 Å². The predicted molar refractivity (Wildman–Crippen MR) is 131 cm³/mol. The van der Waals surface area contributed by atoms with Crippen LogP contribution in [0.3, 0.4) is 0 Å². The minimum atomic E-state index is -0.0173. The highest BCUT2D eigenvalue weighted by Crippen LogP contribution is 2.43. The summed E-state index contributed by atoms with van der Waals surface area (Å²) in [6.07, 6.45) is 17.1. The van der Waals surface area contributed by atoms with Crippen LogP contribution in [0.4, 0.5) is 5.69 Å². The molecule has 5 rings (SSSR count). The molecule has 2 aromatic rings. The van der Waals surface area contributed by atoms with E-state index in [4.69, 9.17) is 5.26 Å². The first kappa shape index (κ1) is 20.8. The van der Waals surface area contributed by atoms with Crippen molar-refractivity contribution in [1.82, 2.24) is 9.97 Å². The summed E-state index contributed by atoms with van der Waals surface area (Å²) in [5.41, 5.74) is 7.60. The second-order valence-corrected chi connectivity index (χ2v) is 10.5. The number of H-pyrrole nitrogens is 1. The summed E-state index contributed by atoms with van der Waals surface area (Å²) in [6.45, 7) is 6.80. The van der Waals surface area contributed by atoms with Crippen molar-refractivity contribution in [3.63, 3.8) is 0 Å². The number of anilines is 1. The smallest absolute Gasteiger partial charge is 0.137 e. The average Bonchev–Trinajstić information content (AvgIpc) is 3.40. The van der Waals surface area contributed by atoms with Crippen LogP contribution in [0.5, 0.6) is 0 Å². The highest BCUT2D eigenvalue weighted by atomic mass is 15.0. The number of nitrogens with one attached hydrogen (secondary N) is 2. The summed E-state index contributed by atoms with van der Waals surface area (Å²) in [5, 5.41) is 12.8. The van der Waals surface area contributed by atoms with E-state index in [1.807, 2.05) is 0 Å². The molecule has 1 heterocycles. The molecule has 4 nitrogen and oxygen atoms in total. The Morgan fingerprint density at radius 1 is 1.25 bits per heavy atom. The molecule has 3 aliphatic rings. The average molecular weight is 425 g/mol. The van der Waals surface area contributed by atoms with E-state index < -0.39 is 0 Å². The monoisotopic (exact) mass is 424 g/mol. The lowest BCUT2D eigenvalue weighted by Crippen LogP contribution is -2.15. The maximum Gasteiger partial charge on any atom is 0.137 e. The van der Waals surface area contributed by atoms with Gasteiger partial charge in [-0.3, -0.25) is 0 Å². The summed E-state index contributed by atoms with van der Waals surface area (Å²) in [5.74, 6) is 2.09. The van der Waals surface area contributed by atoms with Gasteiger partial charge in [0, 0.05) is 11.3 Å². The first-order chi connectivity index (χ1) is 15.4. The Morgan fingerprint density at radius 2 is 2.12 bits per heavy atom. The number of allylic oxidation sites excluding steroid dienone is 6. The molecular formula is C28H32N4. The molecule has 0 amide bonds. The maximum atomic E-state index is 9.12. The molecule has 0 saturated carbocycles. The number of imidazole rings is 1. The number of aromatic nitrogens is 2. The van der Waals surface area contributed by atoms with E-state index in [2.05, 4.69) is 84.6 Å². The van der Waals surface area contributed by atoms with E-state index in [1.54, 1.807) is 6.20 Å². The van der Waals surface area contributed by atoms with Crippen molar-refractivity contribution >= 4 is 16.8 Å². The van der Waals surface area contributed by atoms with Crippen molar-refractivity contribution in [2.24, 2.45) is 17.3 Å². The van der Waals surface area contributed by atoms with Crippen molar-refractivity contribution in [1.29, 1.82) is 5.26 Å². The normalized spacial score (nSPS) is 24.4. The van der Waals surface area contributed by atoms with Crippen molar-refractivity contribution in [3.05, 3.63) is 71.3 Å². The van der Waals surface area contributed by atoms with Gasteiger partial charge in [-0.2, -0.15) is 5.26 Å². The van der Waals surface area contributed by atoms with Gasteiger partial charge in [-0.05, 0) is 85.1 Å². The summed E-state index contributed by atoms with van der Waals surface area (Å²) in [6, 6.07) is 9.02. The number of nitrogens with zero attached hydrogens (tertiary/aromatic N) is 2. The lowest BCUT2D eigenvalue weighted by molar-refractivity contribution is 0.335. The van der Waals surface area contributed by atoms with Crippen LogP contribution in [0.25, 0.3) is 11.1 Å². The van der Waals surface area contributed by atoms with Crippen LogP contribution in [0, 0.1) is 28.6 Å². The van der Waals surface area contributed by atoms with E-state index in [1.165, 1.54) is 35.1 Å². The van der Waals surface area contributed by atoms with Gasteiger partial charge in [-0.1, -0.05) is 44.2 Å². The van der Waals surface area contributed by atoms with Gasteiger partial charge < -0.3 is 10.3 Å². The van der Waals surface area contributed by atoms with Gasteiger partial charge >= 0.3 is 0 Å². The third-order valence-electron chi connectivity index (χ3n) is 7.31. The molecule has 2 N–H and O–H groups in total. The first-order valence-electron chi connectivity index (χ1n) is 11.8. The number of hydrogen-bond acceptors (Lipinski definition) is 3. The Kier molecular flexibility index (Phi) is 5.29. The number of fused-ring (bicyclic) bond motifs is 2. The Hall–Kier alpha value is -3.06. The molecule has 0 saturated heterocycles. The van der Waals surface area contributed by atoms with Gasteiger partial charge in [0.05, 0.1) is 12.2 Å². The van der Waals surface area contributed by atoms with E-state index in [0.29, 0.717) is 22.9 Å². The zero-order chi connectivity index (χ0) is 22.3. The molecule has 0 fully saturated rings. The van der Waals surface area contributed by atoms with Crippen LogP contribution in [-0.4, -0.2) is 9.97 Å². The minimum Gasteiger partial charge on any atom is -0.375 e. The minimum absolute atomic E-state index is 0.0173. The Bertz CT molecular complexity index is 1150. The largest absolute Gasteiger partial charge is 0.375 e. The molecule has 3 atom stereocenters. The topological polar surface area (TPSA) is 64.5 Å². The fraction of sp³-hybridized carbons (Fsp3) is 0.429. The Balaban J connectivity index is 1.48. The standard InChI is InChI=1S/C28H32N4/c1-18(27-30-17-24(16-29)32-27)31-26-7-6-22(23-13-19-4-5-20(12-19)14-23)15-25(26)21-8-10-28(2,3)11-9-21/h4-8,13,15,17-20,31H,9-12,14H2,1-3H3,(H,30,32). The molecule has 3 unspecified atom stereocenters. The second kappa shape index (κ2) is 8.13. The molecule has 0 radical (unpaired) electrons. The Morgan fingerprint density at radius 3 is 2.84 bits per heavy atom. The predicted octanol–water partition coefficient (Wildman–Crippen LogP) is 7.03. The van der Waals surface area contributed by atoms with Crippen molar-refractivity contribution in [2.45, 2.75) is 58.9 Å². The number of nitriles is 1. The summed E-state index contributed by atoms with van der Waals surface area (Å²) in [7, 11) is 0. The lowest BCUT2D eigenvalue weighted by atomic mass is 9.76. The van der Waals surface area contributed by atoms with E-state index in [0.717, 1.165) is 30.8 Å². The first-order valence-corrected chi connectivity index (χ1v) is 11.8.